The number of hydrogen-bond donors (Lipinski definition) is 2. The number of rotatable bonds is 4. The lowest BCUT2D eigenvalue weighted by Gasteiger charge is -2.27. The Hall–Kier alpha value is -3.28. The van der Waals surface area contributed by atoms with E-state index in [0.717, 1.165) is 16.7 Å². The van der Waals surface area contributed by atoms with Crippen molar-refractivity contribution in [3.05, 3.63) is 105 Å². The molecule has 1 atom stereocenters. The summed E-state index contributed by atoms with van der Waals surface area (Å²) in [5.41, 5.74) is 5.08. The Morgan fingerprint density at radius 2 is 1.78 bits per heavy atom. The molecule has 1 aliphatic rings. The number of amides is 1. The molecule has 1 aliphatic heterocycles. The number of H-pyrrole nitrogens is 1. The Balaban J connectivity index is 1.67. The van der Waals surface area contributed by atoms with Gasteiger partial charge in [0, 0.05) is 27.7 Å². The lowest BCUT2D eigenvalue weighted by Crippen LogP contribution is -2.29. The van der Waals surface area contributed by atoms with Crippen LogP contribution in [0.5, 0.6) is 5.75 Å². The fraction of sp³-hybridized carbons (Fsp3) is 0.120. The van der Waals surface area contributed by atoms with Crippen molar-refractivity contribution in [2.24, 2.45) is 0 Å². The van der Waals surface area contributed by atoms with Crippen molar-refractivity contribution in [3.8, 4) is 17.0 Å². The zero-order valence-corrected chi connectivity index (χ0v) is 18.7. The molecule has 1 unspecified atom stereocenters. The van der Waals surface area contributed by atoms with Crippen LogP contribution in [-0.2, 0) is 6.54 Å². The van der Waals surface area contributed by atoms with E-state index in [9.17, 15) is 9.90 Å². The molecule has 2 heterocycles. The molecule has 0 aliphatic carbocycles. The van der Waals surface area contributed by atoms with Gasteiger partial charge in [0.05, 0.1) is 6.04 Å². The minimum atomic E-state index is -0.426. The quantitative estimate of drug-likeness (QED) is 0.381. The number of aromatic nitrogens is 2. The van der Waals surface area contributed by atoms with E-state index in [4.69, 9.17) is 23.2 Å². The number of carbonyl (C=O) groups excluding carboxylic acids is 1. The molecule has 32 heavy (non-hydrogen) atoms. The molecule has 0 radical (unpaired) electrons. The molecule has 160 valence electrons. The largest absolute Gasteiger partial charge is 0.507 e. The normalized spacial score (nSPS) is 15.3. The van der Waals surface area contributed by atoms with Gasteiger partial charge in [-0.1, -0.05) is 65.2 Å². The average molecular weight is 464 g/mol. The van der Waals surface area contributed by atoms with Crippen molar-refractivity contribution in [3.63, 3.8) is 0 Å². The number of phenols is 1. The highest BCUT2D eigenvalue weighted by Gasteiger charge is 2.42. The number of nitrogens with zero attached hydrogens (tertiary/aromatic N) is 2. The Morgan fingerprint density at radius 1 is 1.03 bits per heavy atom. The highest BCUT2D eigenvalue weighted by Crippen LogP contribution is 2.45. The highest BCUT2D eigenvalue weighted by atomic mass is 35.5. The van der Waals surface area contributed by atoms with Gasteiger partial charge in [0.1, 0.15) is 17.1 Å². The van der Waals surface area contributed by atoms with Crippen molar-refractivity contribution >= 4 is 29.1 Å². The van der Waals surface area contributed by atoms with Crippen LogP contribution in [0, 0.1) is 6.92 Å². The van der Waals surface area contributed by atoms with Crippen LogP contribution in [0.25, 0.3) is 11.3 Å². The van der Waals surface area contributed by atoms with Gasteiger partial charge in [0.2, 0.25) is 0 Å². The number of carbonyl (C=O) groups is 1. The Labute approximate surface area is 195 Å². The van der Waals surface area contributed by atoms with Crippen molar-refractivity contribution in [1.29, 1.82) is 0 Å². The summed E-state index contributed by atoms with van der Waals surface area (Å²) in [5, 5.41) is 18.8. The number of phenolic OH excluding ortho intramolecular Hbond substituents is 1. The van der Waals surface area contributed by atoms with Crippen molar-refractivity contribution in [2.75, 3.05) is 0 Å². The first-order valence-corrected chi connectivity index (χ1v) is 10.9. The third kappa shape index (κ3) is 3.53. The van der Waals surface area contributed by atoms with Crippen LogP contribution >= 0.6 is 23.2 Å². The van der Waals surface area contributed by atoms with Crippen molar-refractivity contribution in [1.82, 2.24) is 15.1 Å². The molecule has 0 fully saturated rings. The molecule has 0 bridgehead atoms. The van der Waals surface area contributed by atoms with Gasteiger partial charge in [-0.2, -0.15) is 5.10 Å². The molecule has 4 aromatic rings. The highest BCUT2D eigenvalue weighted by molar-refractivity contribution is 6.31. The van der Waals surface area contributed by atoms with Gasteiger partial charge in [0.15, 0.2) is 0 Å². The predicted molar refractivity (Wildman–Crippen MR) is 125 cm³/mol. The number of benzene rings is 3. The van der Waals surface area contributed by atoms with E-state index in [1.54, 1.807) is 23.1 Å². The maximum absolute atomic E-state index is 13.5. The smallest absolute Gasteiger partial charge is 0.273 e. The lowest BCUT2D eigenvalue weighted by molar-refractivity contribution is 0.0730. The minimum Gasteiger partial charge on any atom is -0.507 e. The zero-order valence-electron chi connectivity index (χ0n) is 17.1. The van der Waals surface area contributed by atoms with Gasteiger partial charge in [-0.25, -0.2) is 0 Å². The molecule has 1 amide bonds. The fourth-order valence-corrected chi connectivity index (χ4v) is 4.55. The maximum Gasteiger partial charge on any atom is 0.273 e. The Bertz CT molecular complexity index is 1330. The molecule has 1 aromatic heterocycles. The van der Waals surface area contributed by atoms with Crippen LogP contribution in [-0.4, -0.2) is 26.1 Å². The van der Waals surface area contributed by atoms with Crippen LogP contribution in [0.2, 0.25) is 10.0 Å². The number of hydrogen-bond acceptors (Lipinski definition) is 3. The molecule has 5 nitrogen and oxygen atoms in total. The van der Waals surface area contributed by atoms with Crippen molar-refractivity contribution in [2.45, 2.75) is 19.5 Å². The molecular weight excluding hydrogens is 445 g/mol. The maximum atomic E-state index is 13.5. The second-order valence-corrected chi connectivity index (χ2v) is 8.77. The van der Waals surface area contributed by atoms with Gasteiger partial charge >= 0.3 is 0 Å². The monoisotopic (exact) mass is 463 g/mol. The molecule has 2 N–H and O–H groups in total. The number of halogens is 2. The van der Waals surface area contributed by atoms with Crippen LogP contribution in [0.4, 0.5) is 0 Å². The summed E-state index contributed by atoms with van der Waals surface area (Å²) in [5.74, 6) is -0.121. The summed E-state index contributed by atoms with van der Waals surface area (Å²) >= 11 is 12.5. The number of aromatic hydroxyl groups is 1. The molecule has 7 heteroatoms. The summed E-state index contributed by atoms with van der Waals surface area (Å²) in [6, 6.07) is 19.9. The second-order valence-electron chi connectivity index (χ2n) is 7.90. The van der Waals surface area contributed by atoms with E-state index in [1.165, 1.54) is 6.07 Å². The van der Waals surface area contributed by atoms with Gasteiger partial charge in [-0.3, -0.25) is 9.89 Å². The number of nitrogens with one attached hydrogen (secondary N) is 1. The minimum absolute atomic E-state index is 0.0398. The number of fused-ring (bicyclic) bond motifs is 1. The van der Waals surface area contributed by atoms with E-state index < -0.39 is 6.04 Å². The first kappa shape index (κ1) is 20.6. The molecule has 0 spiro atoms. The third-order valence-electron chi connectivity index (χ3n) is 5.72. The van der Waals surface area contributed by atoms with E-state index in [-0.39, 0.29) is 11.7 Å². The first-order chi connectivity index (χ1) is 15.4. The topological polar surface area (TPSA) is 69.2 Å². The van der Waals surface area contributed by atoms with Crippen LogP contribution in [0.15, 0.2) is 66.7 Å². The van der Waals surface area contributed by atoms with E-state index >= 15 is 0 Å². The lowest BCUT2D eigenvalue weighted by atomic mass is 9.95. The predicted octanol–water partition coefficient (Wildman–Crippen LogP) is 6.14. The molecule has 0 saturated heterocycles. The number of aryl methyl sites for hydroxylation is 1. The van der Waals surface area contributed by atoms with E-state index in [1.807, 2.05) is 49.4 Å². The summed E-state index contributed by atoms with van der Waals surface area (Å²) < 4.78 is 0. The van der Waals surface area contributed by atoms with Crippen LogP contribution < -0.4 is 0 Å². The summed E-state index contributed by atoms with van der Waals surface area (Å²) in [6.07, 6.45) is 0. The fourth-order valence-electron chi connectivity index (χ4n) is 4.18. The molecule has 3 aromatic carbocycles. The van der Waals surface area contributed by atoms with Gasteiger partial charge < -0.3 is 10.0 Å². The summed E-state index contributed by atoms with van der Waals surface area (Å²) in [4.78, 5) is 15.3. The second kappa shape index (κ2) is 8.01. The Kier molecular flexibility index (Phi) is 5.16. The molecule has 5 rings (SSSR count). The Morgan fingerprint density at radius 3 is 2.53 bits per heavy atom. The van der Waals surface area contributed by atoms with Crippen LogP contribution in [0.3, 0.4) is 0 Å². The summed E-state index contributed by atoms with van der Waals surface area (Å²) in [6.45, 7) is 2.44. The standard InChI is InChI=1S/C25H19Cl2N3O2/c1-14-5-7-15(8-6-14)13-30-24(16-3-2-4-17(26)11-16)21-22(28-29-23(21)25(30)32)19-12-18(27)9-10-20(19)31/h2-12,24,31H,13H2,1H3,(H,28,29). The van der Waals surface area contributed by atoms with E-state index in [2.05, 4.69) is 10.2 Å². The molecule has 0 saturated carbocycles. The average Bonchev–Trinajstić information content (AvgIpc) is 3.31. The van der Waals surface area contributed by atoms with Crippen molar-refractivity contribution < 1.29 is 9.90 Å². The molecular formula is C25H19Cl2N3O2. The first-order valence-electron chi connectivity index (χ1n) is 10.1. The zero-order chi connectivity index (χ0) is 22.4. The third-order valence-corrected chi connectivity index (χ3v) is 6.19. The van der Waals surface area contributed by atoms with E-state index in [0.29, 0.717) is 39.1 Å². The SMILES string of the molecule is Cc1ccc(CN2C(=O)c3[nH]nc(-c4cc(Cl)ccc4O)c3C2c2cccc(Cl)c2)cc1. The van der Waals surface area contributed by atoms with Crippen LogP contribution in [0.1, 0.15) is 38.8 Å². The summed E-state index contributed by atoms with van der Waals surface area (Å²) in [7, 11) is 0. The number of aromatic amines is 1. The van der Waals surface area contributed by atoms with Gasteiger partial charge in [-0.15, -0.1) is 0 Å². The van der Waals surface area contributed by atoms with Gasteiger partial charge in [0.25, 0.3) is 5.91 Å². The van der Waals surface area contributed by atoms with Gasteiger partial charge in [-0.05, 0) is 48.4 Å².